The molecule has 3 N–H and O–H groups in total. The average molecular weight is 313 g/mol. The summed E-state index contributed by atoms with van der Waals surface area (Å²) >= 11 is 10.7. The van der Waals surface area contributed by atoms with Gasteiger partial charge in [0.1, 0.15) is 22.3 Å². The molecule has 0 saturated carbocycles. The summed E-state index contributed by atoms with van der Waals surface area (Å²) in [6.45, 7) is 1.87. The molecule has 0 aliphatic heterocycles. The monoisotopic (exact) mass is 312 g/mol. The lowest BCUT2D eigenvalue weighted by Gasteiger charge is -2.12. The Kier molecular flexibility index (Phi) is 4.20. The zero-order valence-electron chi connectivity index (χ0n) is 10.5. The van der Waals surface area contributed by atoms with Crippen molar-refractivity contribution in [3.63, 3.8) is 0 Å². The second-order valence-corrected chi connectivity index (χ2v) is 5.13. The average Bonchev–Trinajstić information content (AvgIpc) is 2.35. The Morgan fingerprint density at radius 3 is 2.30 bits per heavy atom. The standard InChI is InChI=1S/C14H11ClF2N2S/c1-7-2-3-12(9(15)4-7)19-13-10(16)5-8(14(18)20)6-11(13)17/h2-6,19H,1H3,(H2,18,20). The normalized spacial score (nSPS) is 10.4. The minimum absolute atomic E-state index is 0.0669. The largest absolute Gasteiger partial charge is 0.389 e. The van der Waals surface area contributed by atoms with Crippen LogP contribution in [0.5, 0.6) is 0 Å². The highest BCUT2D eigenvalue weighted by molar-refractivity contribution is 7.80. The van der Waals surface area contributed by atoms with Gasteiger partial charge >= 0.3 is 0 Å². The van der Waals surface area contributed by atoms with Gasteiger partial charge in [0.2, 0.25) is 0 Å². The molecule has 2 aromatic rings. The summed E-state index contributed by atoms with van der Waals surface area (Å²) < 4.78 is 27.8. The minimum Gasteiger partial charge on any atom is -0.389 e. The highest BCUT2D eigenvalue weighted by atomic mass is 35.5. The summed E-state index contributed by atoms with van der Waals surface area (Å²) in [5, 5.41) is 3.01. The van der Waals surface area contributed by atoms with Crippen LogP contribution in [0, 0.1) is 18.6 Å². The van der Waals surface area contributed by atoms with Crippen molar-refractivity contribution in [1.82, 2.24) is 0 Å². The summed E-state index contributed by atoms with van der Waals surface area (Å²) in [6.07, 6.45) is 0. The number of rotatable bonds is 3. The smallest absolute Gasteiger partial charge is 0.150 e. The SMILES string of the molecule is Cc1ccc(Nc2c(F)cc(C(N)=S)cc2F)c(Cl)c1. The predicted octanol–water partition coefficient (Wildman–Crippen LogP) is 4.30. The molecule has 2 rings (SSSR count). The van der Waals surface area contributed by atoms with Crippen LogP contribution in [0.25, 0.3) is 0 Å². The Hall–Kier alpha value is -1.72. The molecule has 0 saturated heterocycles. The van der Waals surface area contributed by atoms with Gasteiger partial charge in [0, 0.05) is 5.56 Å². The molecule has 0 atom stereocenters. The van der Waals surface area contributed by atoms with E-state index in [1.54, 1.807) is 18.2 Å². The third kappa shape index (κ3) is 3.05. The maximum Gasteiger partial charge on any atom is 0.150 e. The molecule has 2 aromatic carbocycles. The zero-order valence-corrected chi connectivity index (χ0v) is 12.1. The van der Waals surface area contributed by atoms with Crippen LogP contribution in [0.3, 0.4) is 0 Å². The van der Waals surface area contributed by atoms with Crippen LogP contribution in [-0.4, -0.2) is 4.99 Å². The van der Waals surface area contributed by atoms with Gasteiger partial charge in [-0.2, -0.15) is 0 Å². The number of halogens is 3. The number of anilines is 2. The van der Waals surface area contributed by atoms with E-state index < -0.39 is 11.6 Å². The highest BCUT2D eigenvalue weighted by Crippen LogP contribution is 2.29. The van der Waals surface area contributed by atoms with E-state index in [2.05, 4.69) is 5.32 Å². The molecule has 0 amide bonds. The summed E-state index contributed by atoms with van der Waals surface area (Å²) in [6, 6.07) is 7.29. The summed E-state index contributed by atoms with van der Waals surface area (Å²) in [4.78, 5) is -0.0669. The molecule has 6 heteroatoms. The van der Waals surface area contributed by atoms with Gasteiger partial charge in [0.15, 0.2) is 0 Å². The van der Waals surface area contributed by atoms with Crippen molar-refractivity contribution >= 4 is 40.2 Å². The van der Waals surface area contributed by atoms with E-state index in [4.69, 9.17) is 29.6 Å². The first-order valence-electron chi connectivity index (χ1n) is 5.70. The lowest BCUT2D eigenvalue weighted by atomic mass is 10.1. The molecule has 0 aliphatic rings. The Balaban J connectivity index is 2.41. The maximum atomic E-state index is 13.9. The molecule has 0 radical (unpaired) electrons. The van der Waals surface area contributed by atoms with E-state index >= 15 is 0 Å². The number of hydrogen-bond acceptors (Lipinski definition) is 2. The number of benzene rings is 2. The third-order valence-corrected chi connectivity index (χ3v) is 3.26. The van der Waals surface area contributed by atoms with Crippen LogP contribution in [0.15, 0.2) is 30.3 Å². The van der Waals surface area contributed by atoms with E-state index in [9.17, 15) is 8.78 Å². The molecular formula is C14H11ClF2N2S. The van der Waals surface area contributed by atoms with Crippen molar-refractivity contribution in [2.45, 2.75) is 6.92 Å². The number of nitrogens with two attached hydrogens (primary N) is 1. The minimum atomic E-state index is -0.788. The molecule has 2 nitrogen and oxygen atoms in total. The lowest BCUT2D eigenvalue weighted by Crippen LogP contribution is -2.11. The zero-order chi connectivity index (χ0) is 14.9. The first-order valence-corrected chi connectivity index (χ1v) is 6.49. The molecule has 0 unspecified atom stereocenters. The van der Waals surface area contributed by atoms with Crippen molar-refractivity contribution < 1.29 is 8.78 Å². The van der Waals surface area contributed by atoms with Gasteiger partial charge in [0.05, 0.1) is 10.7 Å². The van der Waals surface area contributed by atoms with Crippen LogP contribution < -0.4 is 11.1 Å². The molecule has 0 heterocycles. The summed E-state index contributed by atoms with van der Waals surface area (Å²) in [5.74, 6) is -1.58. The molecule has 0 fully saturated rings. The Morgan fingerprint density at radius 1 is 1.20 bits per heavy atom. The lowest BCUT2D eigenvalue weighted by molar-refractivity contribution is 0.590. The van der Waals surface area contributed by atoms with E-state index in [1.165, 1.54) is 0 Å². The molecule has 0 aromatic heterocycles. The molecule has 0 bridgehead atoms. The topological polar surface area (TPSA) is 38.0 Å². The quantitative estimate of drug-likeness (QED) is 0.830. The first-order chi connectivity index (χ1) is 9.38. The van der Waals surface area contributed by atoms with Crippen LogP contribution >= 0.6 is 23.8 Å². The van der Waals surface area contributed by atoms with Gasteiger partial charge in [-0.25, -0.2) is 8.78 Å². The van der Waals surface area contributed by atoms with E-state index in [-0.39, 0.29) is 16.2 Å². The van der Waals surface area contributed by atoms with E-state index in [1.807, 2.05) is 6.92 Å². The fourth-order valence-electron chi connectivity index (χ4n) is 1.69. The number of nitrogens with one attached hydrogen (secondary N) is 1. The second-order valence-electron chi connectivity index (χ2n) is 4.29. The highest BCUT2D eigenvalue weighted by Gasteiger charge is 2.13. The van der Waals surface area contributed by atoms with E-state index in [0.29, 0.717) is 10.7 Å². The number of aryl methyl sites for hydroxylation is 1. The fourth-order valence-corrected chi connectivity index (χ4v) is 2.09. The van der Waals surface area contributed by atoms with Crippen LogP contribution in [-0.2, 0) is 0 Å². The molecule has 0 spiro atoms. The predicted molar refractivity (Wildman–Crippen MR) is 81.7 cm³/mol. The molecular weight excluding hydrogens is 302 g/mol. The van der Waals surface area contributed by atoms with Gasteiger partial charge in [-0.05, 0) is 36.8 Å². The number of hydrogen-bond donors (Lipinski definition) is 2. The Bertz CT molecular complexity index is 666. The fraction of sp³-hybridized carbons (Fsp3) is 0.0714. The van der Waals surface area contributed by atoms with Gasteiger partial charge in [-0.15, -0.1) is 0 Å². The van der Waals surface area contributed by atoms with Crippen LogP contribution in [0.2, 0.25) is 5.02 Å². The number of thiocarbonyl (C=S) groups is 1. The van der Waals surface area contributed by atoms with Crippen molar-refractivity contribution in [3.05, 3.63) is 58.1 Å². The third-order valence-electron chi connectivity index (χ3n) is 2.71. The van der Waals surface area contributed by atoms with Crippen molar-refractivity contribution in [2.75, 3.05) is 5.32 Å². The van der Waals surface area contributed by atoms with Gasteiger partial charge in [-0.1, -0.05) is 29.9 Å². The molecule has 104 valence electrons. The van der Waals surface area contributed by atoms with Gasteiger partial charge in [-0.3, -0.25) is 0 Å². The van der Waals surface area contributed by atoms with Gasteiger partial charge in [0.25, 0.3) is 0 Å². The Labute approximate surface area is 125 Å². The molecule has 20 heavy (non-hydrogen) atoms. The van der Waals surface area contributed by atoms with Crippen molar-refractivity contribution in [2.24, 2.45) is 5.73 Å². The van der Waals surface area contributed by atoms with E-state index in [0.717, 1.165) is 17.7 Å². The van der Waals surface area contributed by atoms with Crippen LogP contribution in [0.4, 0.5) is 20.2 Å². The van der Waals surface area contributed by atoms with Gasteiger partial charge < -0.3 is 11.1 Å². The van der Waals surface area contributed by atoms with Crippen LogP contribution in [0.1, 0.15) is 11.1 Å². The second kappa shape index (κ2) is 5.73. The maximum absolute atomic E-state index is 13.9. The summed E-state index contributed by atoms with van der Waals surface area (Å²) in [5.41, 5.74) is 6.56. The first kappa shape index (κ1) is 14.7. The van der Waals surface area contributed by atoms with Crippen molar-refractivity contribution in [3.8, 4) is 0 Å². The molecule has 0 aliphatic carbocycles. The summed E-state index contributed by atoms with van der Waals surface area (Å²) in [7, 11) is 0. The Morgan fingerprint density at radius 2 is 1.80 bits per heavy atom. The van der Waals surface area contributed by atoms with Crippen molar-refractivity contribution in [1.29, 1.82) is 0 Å².